The standard InChI is InChI=1S/C18H19N3O4/c1-2-23-15-6-4-14(5-7-15)19-11-18(22)21-20-10-13-3-8-16-17(9-13)25-12-24-16/h3-10,19H,2,11-12H2,1H3,(H,21,22). The van der Waals surface area contributed by atoms with Gasteiger partial charge in [-0.05, 0) is 55.0 Å². The van der Waals surface area contributed by atoms with Crippen LogP contribution in [0.5, 0.6) is 17.2 Å². The highest BCUT2D eigenvalue weighted by Crippen LogP contribution is 2.31. The van der Waals surface area contributed by atoms with Crippen molar-refractivity contribution in [2.75, 3.05) is 25.3 Å². The molecule has 1 amide bonds. The molecule has 0 radical (unpaired) electrons. The van der Waals surface area contributed by atoms with E-state index in [4.69, 9.17) is 14.2 Å². The number of benzene rings is 2. The summed E-state index contributed by atoms with van der Waals surface area (Å²) in [5.41, 5.74) is 4.11. The second-order valence-corrected chi connectivity index (χ2v) is 5.22. The van der Waals surface area contributed by atoms with Gasteiger partial charge in [-0.2, -0.15) is 5.10 Å². The third-order valence-electron chi connectivity index (χ3n) is 3.42. The molecule has 0 aromatic heterocycles. The highest BCUT2D eigenvalue weighted by molar-refractivity contribution is 5.84. The van der Waals surface area contributed by atoms with Gasteiger partial charge in [-0.25, -0.2) is 5.43 Å². The van der Waals surface area contributed by atoms with Crippen LogP contribution in [0.1, 0.15) is 12.5 Å². The van der Waals surface area contributed by atoms with Gasteiger partial charge < -0.3 is 19.5 Å². The molecule has 2 N–H and O–H groups in total. The van der Waals surface area contributed by atoms with Crippen molar-refractivity contribution in [1.82, 2.24) is 5.43 Å². The number of hydrogen-bond acceptors (Lipinski definition) is 6. The van der Waals surface area contributed by atoms with Crippen LogP contribution in [-0.2, 0) is 4.79 Å². The third-order valence-corrected chi connectivity index (χ3v) is 3.42. The number of carbonyl (C=O) groups is 1. The maximum atomic E-state index is 11.8. The van der Waals surface area contributed by atoms with Crippen molar-refractivity contribution in [3.8, 4) is 17.2 Å². The van der Waals surface area contributed by atoms with Crippen molar-refractivity contribution < 1.29 is 19.0 Å². The molecule has 0 spiro atoms. The molecule has 0 saturated heterocycles. The van der Waals surface area contributed by atoms with E-state index in [-0.39, 0.29) is 19.2 Å². The van der Waals surface area contributed by atoms with Crippen LogP contribution in [0.25, 0.3) is 0 Å². The second kappa shape index (κ2) is 8.05. The fourth-order valence-electron chi connectivity index (χ4n) is 2.23. The third kappa shape index (κ3) is 4.63. The average molecular weight is 341 g/mol. The van der Waals surface area contributed by atoms with Crippen LogP contribution in [0.2, 0.25) is 0 Å². The Labute approximate surface area is 145 Å². The summed E-state index contributed by atoms with van der Waals surface area (Å²) in [6.45, 7) is 2.90. The van der Waals surface area contributed by atoms with E-state index in [0.29, 0.717) is 18.1 Å². The predicted molar refractivity (Wildman–Crippen MR) is 94.4 cm³/mol. The lowest BCUT2D eigenvalue weighted by molar-refractivity contribution is -0.119. The van der Waals surface area contributed by atoms with E-state index in [1.807, 2.05) is 37.3 Å². The van der Waals surface area contributed by atoms with Crippen LogP contribution in [-0.4, -0.2) is 32.1 Å². The van der Waals surface area contributed by atoms with Crippen LogP contribution in [0.15, 0.2) is 47.6 Å². The summed E-state index contributed by atoms with van der Waals surface area (Å²) >= 11 is 0. The molecule has 0 unspecified atom stereocenters. The van der Waals surface area contributed by atoms with Crippen LogP contribution in [0.4, 0.5) is 5.69 Å². The zero-order chi connectivity index (χ0) is 17.5. The molecule has 3 rings (SSSR count). The number of carbonyl (C=O) groups excluding carboxylic acids is 1. The second-order valence-electron chi connectivity index (χ2n) is 5.22. The van der Waals surface area contributed by atoms with Crippen LogP contribution >= 0.6 is 0 Å². The molecule has 0 atom stereocenters. The topological polar surface area (TPSA) is 81.2 Å². The first-order valence-corrected chi connectivity index (χ1v) is 7.93. The van der Waals surface area contributed by atoms with Gasteiger partial charge in [0.25, 0.3) is 5.91 Å². The number of ether oxygens (including phenoxy) is 3. The summed E-state index contributed by atoms with van der Waals surface area (Å²) in [4.78, 5) is 11.8. The van der Waals surface area contributed by atoms with E-state index >= 15 is 0 Å². The summed E-state index contributed by atoms with van der Waals surface area (Å²) in [7, 11) is 0. The van der Waals surface area contributed by atoms with Crippen LogP contribution < -0.4 is 25.0 Å². The molecule has 0 saturated carbocycles. The van der Waals surface area contributed by atoms with E-state index in [1.54, 1.807) is 18.3 Å². The van der Waals surface area contributed by atoms with Gasteiger partial charge in [0.05, 0.1) is 19.4 Å². The van der Waals surface area contributed by atoms with Gasteiger partial charge in [-0.1, -0.05) is 0 Å². The first-order chi connectivity index (χ1) is 12.2. The molecule has 2 aromatic carbocycles. The number of anilines is 1. The molecule has 0 bridgehead atoms. The Morgan fingerprint density at radius 2 is 2.00 bits per heavy atom. The minimum Gasteiger partial charge on any atom is -0.494 e. The Morgan fingerprint density at radius 1 is 1.20 bits per heavy atom. The van der Waals surface area contributed by atoms with Gasteiger partial charge in [0.15, 0.2) is 11.5 Å². The minimum absolute atomic E-state index is 0.118. The van der Waals surface area contributed by atoms with Crippen LogP contribution in [0.3, 0.4) is 0 Å². The summed E-state index contributed by atoms with van der Waals surface area (Å²) in [6.07, 6.45) is 1.55. The molecule has 2 aromatic rings. The molecule has 0 fully saturated rings. The summed E-state index contributed by atoms with van der Waals surface area (Å²) in [5.74, 6) is 1.94. The number of nitrogens with one attached hydrogen (secondary N) is 2. The van der Waals surface area contributed by atoms with E-state index < -0.39 is 0 Å². The Bertz CT molecular complexity index is 759. The van der Waals surface area contributed by atoms with Gasteiger partial charge in [-0.3, -0.25) is 4.79 Å². The van der Waals surface area contributed by atoms with Crippen molar-refractivity contribution in [1.29, 1.82) is 0 Å². The van der Waals surface area contributed by atoms with Gasteiger partial charge in [0.1, 0.15) is 5.75 Å². The molecule has 7 nitrogen and oxygen atoms in total. The number of rotatable bonds is 7. The molecular formula is C18H19N3O4. The smallest absolute Gasteiger partial charge is 0.259 e. The number of fused-ring (bicyclic) bond motifs is 1. The number of hydrazone groups is 1. The highest BCUT2D eigenvalue weighted by atomic mass is 16.7. The van der Waals surface area contributed by atoms with E-state index in [1.165, 1.54) is 0 Å². The molecule has 1 aliphatic heterocycles. The van der Waals surface area contributed by atoms with Crippen molar-refractivity contribution in [2.24, 2.45) is 5.10 Å². The van der Waals surface area contributed by atoms with Gasteiger partial charge in [0, 0.05) is 5.69 Å². The molecule has 25 heavy (non-hydrogen) atoms. The zero-order valence-electron chi connectivity index (χ0n) is 13.8. The molecule has 1 heterocycles. The average Bonchev–Trinajstić information content (AvgIpc) is 3.09. The Morgan fingerprint density at radius 3 is 2.80 bits per heavy atom. The maximum Gasteiger partial charge on any atom is 0.259 e. The van der Waals surface area contributed by atoms with Gasteiger partial charge in [0.2, 0.25) is 6.79 Å². The summed E-state index contributed by atoms with van der Waals surface area (Å²) in [6, 6.07) is 12.8. The van der Waals surface area contributed by atoms with Gasteiger partial charge in [-0.15, -0.1) is 0 Å². The number of nitrogens with zero attached hydrogens (tertiary/aromatic N) is 1. The maximum absolute atomic E-state index is 11.8. The first-order valence-electron chi connectivity index (χ1n) is 7.93. The molecule has 0 aliphatic carbocycles. The molecule has 1 aliphatic rings. The van der Waals surface area contributed by atoms with Crippen molar-refractivity contribution >= 4 is 17.8 Å². The quantitative estimate of drug-likeness (QED) is 0.597. The normalized spacial score (nSPS) is 12.2. The van der Waals surface area contributed by atoms with E-state index in [0.717, 1.165) is 17.0 Å². The van der Waals surface area contributed by atoms with Crippen molar-refractivity contribution in [2.45, 2.75) is 6.92 Å². The Hall–Kier alpha value is -3.22. The lowest BCUT2D eigenvalue weighted by atomic mass is 10.2. The zero-order valence-corrected chi connectivity index (χ0v) is 13.8. The predicted octanol–water partition coefficient (Wildman–Crippen LogP) is 2.38. The molecule has 130 valence electrons. The van der Waals surface area contributed by atoms with E-state index in [9.17, 15) is 4.79 Å². The first kappa shape index (κ1) is 16.6. The number of hydrogen-bond donors (Lipinski definition) is 2. The fourth-order valence-corrected chi connectivity index (χ4v) is 2.23. The minimum atomic E-state index is -0.245. The lowest BCUT2D eigenvalue weighted by Crippen LogP contribution is -2.25. The molecule has 7 heteroatoms. The van der Waals surface area contributed by atoms with Crippen molar-refractivity contribution in [3.05, 3.63) is 48.0 Å². The number of amides is 1. The summed E-state index contributed by atoms with van der Waals surface area (Å²) < 4.78 is 15.9. The Kier molecular flexibility index (Phi) is 5.36. The monoisotopic (exact) mass is 341 g/mol. The largest absolute Gasteiger partial charge is 0.494 e. The Balaban J connectivity index is 1.44. The molecular weight excluding hydrogens is 322 g/mol. The fraction of sp³-hybridized carbons (Fsp3) is 0.222. The van der Waals surface area contributed by atoms with E-state index in [2.05, 4.69) is 15.8 Å². The van der Waals surface area contributed by atoms with Gasteiger partial charge >= 0.3 is 0 Å². The summed E-state index contributed by atoms with van der Waals surface area (Å²) in [5, 5.41) is 6.96. The van der Waals surface area contributed by atoms with Crippen LogP contribution in [0, 0.1) is 0 Å². The highest BCUT2D eigenvalue weighted by Gasteiger charge is 2.12. The lowest BCUT2D eigenvalue weighted by Gasteiger charge is -2.07. The van der Waals surface area contributed by atoms with Crippen molar-refractivity contribution in [3.63, 3.8) is 0 Å². The SMILES string of the molecule is CCOc1ccc(NCC(=O)NN=Cc2ccc3c(c2)OCO3)cc1.